The van der Waals surface area contributed by atoms with Crippen molar-refractivity contribution in [3.05, 3.63) is 29.3 Å². The summed E-state index contributed by atoms with van der Waals surface area (Å²) < 4.78 is 5.02. The summed E-state index contributed by atoms with van der Waals surface area (Å²) in [7, 11) is 1.58. The molecule has 0 heterocycles. The Morgan fingerprint density at radius 3 is 2.50 bits per heavy atom. The third-order valence-electron chi connectivity index (χ3n) is 1.52. The van der Waals surface area contributed by atoms with Crippen molar-refractivity contribution in [3.63, 3.8) is 0 Å². The normalized spacial score (nSPS) is 8.25. The fourth-order valence-corrected chi connectivity index (χ4v) is 0.911. The van der Waals surface area contributed by atoms with E-state index in [1.807, 2.05) is 0 Å². The van der Waals surface area contributed by atoms with Gasteiger partial charge in [-0.15, -0.1) is 12.8 Å². The number of methoxy groups -OCH3 is 1. The molecule has 0 spiro atoms. The van der Waals surface area contributed by atoms with Crippen LogP contribution in [0.1, 0.15) is 11.1 Å². The van der Waals surface area contributed by atoms with E-state index in [1.165, 1.54) is 0 Å². The minimum absolute atomic E-state index is 0.677. The van der Waals surface area contributed by atoms with Crippen LogP contribution < -0.4 is 4.74 Å². The van der Waals surface area contributed by atoms with Crippen LogP contribution in [0.3, 0.4) is 0 Å². The number of rotatable bonds is 1. The van der Waals surface area contributed by atoms with Crippen LogP contribution in [0.15, 0.2) is 18.2 Å². The van der Waals surface area contributed by atoms with E-state index >= 15 is 0 Å². The van der Waals surface area contributed by atoms with Gasteiger partial charge in [0.2, 0.25) is 0 Å². The lowest BCUT2D eigenvalue weighted by atomic mass is 10.1. The Kier molecular flexibility index (Phi) is 2.41. The third-order valence-corrected chi connectivity index (χ3v) is 1.52. The zero-order valence-electron chi connectivity index (χ0n) is 6.79. The highest BCUT2D eigenvalue weighted by Gasteiger charge is 1.99. The van der Waals surface area contributed by atoms with Crippen molar-refractivity contribution in [2.75, 3.05) is 7.11 Å². The van der Waals surface area contributed by atoms with Gasteiger partial charge in [0.05, 0.1) is 12.7 Å². The van der Waals surface area contributed by atoms with Gasteiger partial charge in [-0.2, -0.15) is 0 Å². The average molecular weight is 156 g/mol. The third kappa shape index (κ3) is 1.41. The monoisotopic (exact) mass is 156 g/mol. The molecule has 0 aromatic heterocycles. The Bertz CT molecular complexity index is 364. The molecule has 0 atom stereocenters. The lowest BCUT2D eigenvalue weighted by Gasteiger charge is -2.02. The summed E-state index contributed by atoms with van der Waals surface area (Å²) in [5, 5.41) is 0. The maximum Gasteiger partial charge on any atom is 0.134 e. The van der Waals surface area contributed by atoms with Crippen molar-refractivity contribution in [1.29, 1.82) is 0 Å². The van der Waals surface area contributed by atoms with Crippen molar-refractivity contribution in [2.24, 2.45) is 0 Å². The Morgan fingerprint density at radius 2 is 2.00 bits per heavy atom. The van der Waals surface area contributed by atoms with Crippen molar-refractivity contribution in [2.45, 2.75) is 0 Å². The average Bonchev–Trinajstić information content (AvgIpc) is 2.16. The molecule has 0 fully saturated rings. The molecule has 1 aromatic rings. The Morgan fingerprint density at radius 1 is 1.25 bits per heavy atom. The molecule has 0 saturated carbocycles. The minimum atomic E-state index is 0.677. The first kappa shape index (κ1) is 8.24. The molecule has 0 saturated heterocycles. The molecule has 0 amide bonds. The lowest BCUT2D eigenvalue weighted by molar-refractivity contribution is 0.413. The van der Waals surface area contributed by atoms with Gasteiger partial charge in [0.1, 0.15) is 5.75 Å². The Hall–Kier alpha value is -1.86. The zero-order valence-corrected chi connectivity index (χ0v) is 6.79. The molecular formula is C11H8O. The van der Waals surface area contributed by atoms with Crippen molar-refractivity contribution in [3.8, 4) is 30.4 Å². The lowest BCUT2D eigenvalue weighted by Crippen LogP contribution is -1.88. The topological polar surface area (TPSA) is 9.23 Å². The van der Waals surface area contributed by atoms with Gasteiger partial charge in [0.15, 0.2) is 0 Å². The molecule has 0 aliphatic heterocycles. The highest BCUT2D eigenvalue weighted by Crippen LogP contribution is 2.17. The van der Waals surface area contributed by atoms with Gasteiger partial charge in [-0.1, -0.05) is 11.8 Å². The Labute approximate surface area is 72.4 Å². The Balaban J connectivity index is 3.24. The summed E-state index contributed by atoms with van der Waals surface area (Å²) >= 11 is 0. The van der Waals surface area contributed by atoms with Crippen LogP contribution in [0, 0.1) is 24.7 Å². The van der Waals surface area contributed by atoms with Gasteiger partial charge in [-0.25, -0.2) is 0 Å². The molecule has 0 N–H and O–H groups in total. The van der Waals surface area contributed by atoms with Crippen LogP contribution in [0.2, 0.25) is 0 Å². The molecule has 1 nitrogen and oxygen atoms in total. The van der Waals surface area contributed by atoms with Crippen LogP contribution in [-0.4, -0.2) is 7.11 Å². The number of hydrogen-bond acceptors (Lipinski definition) is 1. The number of terminal acetylenes is 2. The van der Waals surface area contributed by atoms with Crippen LogP contribution >= 0.6 is 0 Å². The molecule has 12 heavy (non-hydrogen) atoms. The van der Waals surface area contributed by atoms with E-state index in [-0.39, 0.29) is 0 Å². The first-order chi connectivity index (χ1) is 5.81. The van der Waals surface area contributed by atoms with Gasteiger partial charge in [-0.3, -0.25) is 0 Å². The largest absolute Gasteiger partial charge is 0.495 e. The van der Waals surface area contributed by atoms with Gasteiger partial charge in [-0.05, 0) is 18.2 Å². The van der Waals surface area contributed by atoms with E-state index in [0.29, 0.717) is 11.3 Å². The smallest absolute Gasteiger partial charge is 0.134 e. The molecule has 1 heteroatoms. The predicted molar refractivity (Wildman–Crippen MR) is 48.9 cm³/mol. The molecular weight excluding hydrogens is 148 g/mol. The number of benzene rings is 1. The van der Waals surface area contributed by atoms with Crippen LogP contribution in [0.5, 0.6) is 5.75 Å². The number of hydrogen-bond donors (Lipinski definition) is 0. The standard InChI is InChI=1S/C11H8O/c1-4-9-6-7-11(12-3)10(5-2)8-9/h1-2,6-8H,3H3. The second-order valence-corrected chi connectivity index (χ2v) is 2.20. The van der Waals surface area contributed by atoms with Gasteiger partial charge >= 0.3 is 0 Å². The van der Waals surface area contributed by atoms with Gasteiger partial charge in [0, 0.05) is 5.56 Å². The van der Waals surface area contributed by atoms with E-state index in [2.05, 4.69) is 11.8 Å². The SMILES string of the molecule is C#Cc1ccc(OC)c(C#C)c1. The number of ether oxygens (including phenoxy) is 1. The molecule has 0 unspecified atom stereocenters. The van der Waals surface area contributed by atoms with E-state index < -0.39 is 0 Å². The van der Waals surface area contributed by atoms with Gasteiger partial charge in [0.25, 0.3) is 0 Å². The quantitative estimate of drug-likeness (QED) is 0.562. The molecule has 0 bridgehead atoms. The summed E-state index contributed by atoms with van der Waals surface area (Å²) in [5.41, 5.74) is 1.46. The first-order valence-corrected chi connectivity index (χ1v) is 3.43. The predicted octanol–water partition coefficient (Wildman–Crippen LogP) is 1.66. The fraction of sp³-hybridized carbons (Fsp3) is 0.0909. The molecule has 0 radical (unpaired) electrons. The van der Waals surface area contributed by atoms with Gasteiger partial charge < -0.3 is 4.74 Å². The molecule has 0 aliphatic rings. The maximum absolute atomic E-state index is 5.25. The fourth-order valence-electron chi connectivity index (χ4n) is 0.911. The van der Waals surface area contributed by atoms with Crippen LogP contribution in [0.4, 0.5) is 0 Å². The van der Waals surface area contributed by atoms with Crippen LogP contribution in [-0.2, 0) is 0 Å². The molecule has 58 valence electrons. The zero-order chi connectivity index (χ0) is 8.97. The second-order valence-electron chi connectivity index (χ2n) is 2.20. The summed E-state index contributed by atoms with van der Waals surface area (Å²) in [4.78, 5) is 0. The van der Waals surface area contributed by atoms with E-state index in [1.54, 1.807) is 25.3 Å². The maximum atomic E-state index is 5.25. The summed E-state index contributed by atoms with van der Waals surface area (Å²) in [6.45, 7) is 0. The minimum Gasteiger partial charge on any atom is -0.495 e. The summed E-state index contributed by atoms with van der Waals surface area (Å²) in [6, 6.07) is 5.31. The first-order valence-electron chi connectivity index (χ1n) is 3.43. The van der Waals surface area contributed by atoms with E-state index in [9.17, 15) is 0 Å². The van der Waals surface area contributed by atoms with Crippen molar-refractivity contribution < 1.29 is 4.74 Å². The van der Waals surface area contributed by atoms with Crippen molar-refractivity contribution in [1.82, 2.24) is 0 Å². The highest BCUT2D eigenvalue weighted by molar-refractivity contribution is 5.50. The second kappa shape index (κ2) is 3.51. The highest BCUT2D eigenvalue weighted by atomic mass is 16.5. The summed E-state index contributed by atoms with van der Waals surface area (Å²) in [5.74, 6) is 5.68. The molecule has 0 aliphatic carbocycles. The van der Waals surface area contributed by atoms with Crippen LogP contribution in [0.25, 0.3) is 0 Å². The molecule has 1 rings (SSSR count). The van der Waals surface area contributed by atoms with Crippen molar-refractivity contribution >= 4 is 0 Å². The van der Waals surface area contributed by atoms with E-state index in [4.69, 9.17) is 17.6 Å². The summed E-state index contributed by atoms with van der Waals surface area (Å²) in [6.07, 6.45) is 10.5. The molecule has 1 aromatic carbocycles. The van der Waals surface area contributed by atoms with E-state index in [0.717, 1.165) is 5.56 Å².